The van der Waals surface area contributed by atoms with Crippen molar-refractivity contribution >= 4 is 11.7 Å². The molecule has 2 atom stereocenters. The normalized spacial score (nSPS) is 21.5. The van der Waals surface area contributed by atoms with E-state index in [1.807, 2.05) is 13.8 Å². The molecule has 0 aliphatic carbocycles. The molecule has 1 amide bonds. The number of oxime groups is 1. The van der Waals surface area contributed by atoms with E-state index in [0.29, 0.717) is 19.5 Å². The molecule has 0 radical (unpaired) electrons. The van der Waals surface area contributed by atoms with E-state index in [2.05, 4.69) is 5.16 Å². The second-order valence-corrected chi connectivity index (χ2v) is 5.39. The van der Waals surface area contributed by atoms with Crippen molar-refractivity contribution in [1.29, 1.82) is 0 Å². The summed E-state index contributed by atoms with van der Waals surface area (Å²) in [6, 6.07) is 0. The van der Waals surface area contributed by atoms with Crippen LogP contribution in [-0.4, -0.2) is 47.7 Å². The molecule has 0 bridgehead atoms. The summed E-state index contributed by atoms with van der Waals surface area (Å²) in [4.78, 5) is 13.9. The van der Waals surface area contributed by atoms with Crippen LogP contribution in [0.5, 0.6) is 0 Å². The SMILES string of the molecule is CCN(CC(C)C(N)=NO)C(=O)CCC1CCCCO1. The number of carbonyl (C=O) groups excluding carboxylic acids is 1. The average Bonchev–Trinajstić information content (AvgIpc) is 2.50. The number of ether oxygens (including phenoxy) is 1. The lowest BCUT2D eigenvalue weighted by Gasteiger charge is -2.26. The average molecular weight is 285 g/mol. The van der Waals surface area contributed by atoms with Gasteiger partial charge in [-0.2, -0.15) is 0 Å². The van der Waals surface area contributed by atoms with Gasteiger partial charge in [-0.3, -0.25) is 4.79 Å². The molecule has 6 nitrogen and oxygen atoms in total. The molecule has 1 heterocycles. The molecule has 1 rings (SSSR count). The number of nitrogens with two attached hydrogens (primary N) is 1. The molecule has 0 aromatic heterocycles. The summed E-state index contributed by atoms with van der Waals surface area (Å²) in [5.74, 6) is 0.126. The summed E-state index contributed by atoms with van der Waals surface area (Å²) in [7, 11) is 0. The quantitative estimate of drug-likeness (QED) is 0.321. The minimum absolute atomic E-state index is 0.110. The van der Waals surface area contributed by atoms with Gasteiger partial charge < -0.3 is 20.6 Å². The topological polar surface area (TPSA) is 88.1 Å². The zero-order valence-corrected chi connectivity index (χ0v) is 12.5. The summed E-state index contributed by atoms with van der Waals surface area (Å²) in [6.07, 6.45) is 4.89. The van der Waals surface area contributed by atoms with Crippen molar-refractivity contribution in [1.82, 2.24) is 4.90 Å². The molecular formula is C14H27N3O3. The van der Waals surface area contributed by atoms with E-state index in [4.69, 9.17) is 15.7 Å². The van der Waals surface area contributed by atoms with Crippen LogP contribution < -0.4 is 5.73 Å². The van der Waals surface area contributed by atoms with E-state index in [1.165, 1.54) is 6.42 Å². The van der Waals surface area contributed by atoms with E-state index in [9.17, 15) is 4.79 Å². The van der Waals surface area contributed by atoms with Gasteiger partial charge in [0.25, 0.3) is 0 Å². The van der Waals surface area contributed by atoms with Crippen LogP contribution in [0.2, 0.25) is 0 Å². The Bertz CT molecular complexity index is 328. The van der Waals surface area contributed by atoms with Crippen LogP contribution in [-0.2, 0) is 9.53 Å². The highest BCUT2D eigenvalue weighted by Crippen LogP contribution is 2.17. The number of carbonyl (C=O) groups is 1. The Morgan fingerprint density at radius 1 is 1.55 bits per heavy atom. The van der Waals surface area contributed by atoms with Crippen LogP contribution in [0, 0.1) is 5.92 Å². The van der Waals surface area contributed by atoms with Crippen molar-refractivity contribution in [2.75, 3.05) is 19.7 Å². The third kappa shape index (κ3) is 5.36. The first-order valence-corrected chi connectivity index (χ1v) is 7.45. The fourth-order valence-electron chi connectivity index (χ4n) is 2.41. The van der Waals surface area contributed by atoms with Crippen LogP contribution in [0.4, 0.5) is 0 Å². The smallest absolute Gasteiger partial charge is 0.222 e. The molecule has 0 saturated carbocycles. The van der Waals surface area contributed by atoms with Crippen LogP contribution in [0.1, 0.15) is 46.0 Å². The second-order valence-electron chi connectivity index (χ2n) is 5.39. The van der Waals surface area contributed by atoms with Crippen molar-refractivity contribution in [2.45, 2.75) is 52.1 Å². The summed E-state index contributed by atoms with van der Waals surface area (Å²) >= 11 is 0. The molecule has 1 aliphatic rings. The maximum absolute atomic E-state index is 12.2. The van der Waals surface area contributed by atoms with Gasteiger partial charge in [0.1, 0.15) is 5.84 Å². The standard InChI is InChI=1S/C14H27N3O3/c1-3-17(10-11(2)14(15)16-19)13(18)8-7-12-6-4-5-9-20-12/h11-12,19H,3-10H2,1-2H3,(H2,15,16). The highest BCUT2D eigenvalue weighted by atomic mass is 16.5. The molecule has 20 heavy (non-hydrogen) atoms. The summed E-state index contributed by atoms with van der Waals surface area (Å²) in [5, 5.41) is 11.6. The van der Waals surface area contributed by atoms with Crippen LogP contribution in [0.3, 0.4) is 0 Å². The Labute approximate surface area is 120 Å². The minimum atomic E-state index is -0.144. The van der Waals surface area contributed by atoms with Crippen LogP contribution in [0.25, 0.3) is 0 Å². The lowest BCUT2D eigenvalue weighted by molar-refractivity contribution is -0.132. The van der Waals surface area contributed by atoms with Gasteiger partial charge >= 0.3 is 0 Å². The molecule has 3 N–H and O–H groups in total. The van der Waals surface area contributed by atoms with E-state index >= 15 is 0 Å². The Morgan fingerprint density at radius 2 is 2.30 bits per heavy atom. The lowest BCUT2D eigenvalue weighted by atomic mass is 10.0. The van der Waals surface area contributed by atoms with E-state index in [-0.39, 0.29) is 23.8 Å². The monoisotopic (exact) mass is 285 g/mol. The Balaban J connectivity index is 2.37. The predicted molar refractivity (Wildman–Crippen MR) is 77.7 cm³/mol. The number of hydrogen-bond acceptors (Lipinski definition) is 4. The predicted octanol–water partition coefficient (Wildman–Crippen LogP) is 1.57. The summed E-state index contributed by atoms with van der Waals surface area (Å²) < 4.78 is 5.64. The molecule has 1 aliphatic heterocycles. The van der Waals surface area contributed by atoms with Crippen LogP contribution in [0.15, 0.2) is 5.16 Å². The third-order valence-electron chi connectivity index (χ3n) is 3.80. The lowest BCUT2D eigenvalue weighted by Crippen LogP contribution is -2.39. The van der Waals surface area contributed by atoms with Gasteiger partial charge in [-0.25, -0.2) is 0 Å². The first-order valence-electron chi connectivity index (χ1n) is 7.45. The second kappa shape index (κ2) is 8.79. The molecular weight excluding hydrogens is 258 g/mol. The van der Waals surface area contributed by atoms with Crippen molar-refractivity contribution in [3.05, 3.63) is 0 Å². The molecule has 1 saturated heterocycles. The first kappa shape index (κ1) is 16.8. The van der Waals surface area contributed by atoms with Gasteiger partial charge in [0.15, 0.2) is 0 Å². The Kier molecular flexibility index (Phi) is 7.36. The Morgan fingerprint density at radius 3 is 2.85 bits per heavy atom. The molecule has 0 spiro atoms. The van der Waals surface area contributed by atoms with Gasteiger partial charge in [0.2, 0.25) is 5.91 Å². The van der Waals surface area contributed by atoms with Gasteiger partial charge in [-0.05, 0) is 32.6 Å². The molecule has 0 aromatic carbocycles. The first-order chi connectivity index (χ1) is 9.58. The van der Waals surface area contributed by atoms with Gasteiger partial charge in [0.05, 0.1) is 6.10 Å². The molecule has 0 aromatic rings. The summed E-state index contributed by atoms with van der Waals surface area (Å²) in [6.45, 7) is 5.71. The van der Waals surface area contributed by atoms with Crippen molar-refractivity contribution in [3.63, 3.8) is 0 Å². The highest BCUT2D eigenvalue weighted by Gasteiger charge is 2.20. The fraction of sp³-hybridized carbons (Fsp3) is 0.857. The largest absolute Gasteiger partial charge is 0.409 e. The van der Waals surface area contributed by atoms with Gasteiger partial charge in [-0.15, -0.1) is 0 Å². The van der Waals surface area contributed by atoms with Crippen molar-refractivity contribution < 1.29 is 14.7 Å². The fourth-order valence-corrected chi connectivity index (χ4v) is 2.41. The van der Waals surface area contributed by atoms with E-state index in [0.717, 1.165) is 25.9 Å². The maximum atomic E-state index is 12.2. The third-order valence-corrected chi connectivity index (χ3v) is 3.80. The Hall–Kier alpha value is -1.30. The van der Waals surface area contributed by atoms with Gasteiger partial charge in [-0.1, -0.05) is 12.1 Å². The summed E-state index contributed by atoms with van der Waals surface area (Å²) in [5.41, 5.74) is 5.55. The number of amides is 1. The van der Waals surface area contributed by atoms with Gasteiger partial charge in [0, 0.05) is 32.0 Å². The van der Waals surface area contributed by atoms with Crippen LogP contribution >= 0.6 is 0 Å². The maximum Gasteiger partial charge on any atom is 0.222 e. The number of amidine groups is 1. The number of rotatable bonds is 7. The number of hydrogen-bond donors (Lipinski definition) is 2. The molecule has 6 heteroatoms. The minimum Gasteiger partial charge on any atom is -0.409 e. The highest BCUT2D eigenvalue weighted by molar-refractivity contribution is 5.83. The zero-order valence-electron chi connectivity index (χ0n) is 12.5. The van der Waals surface area contributed by atoms with Crippen molar-refractivity contribution in [2.24, 2.45) is 16.8 Å². The molecule has 2 unspecified atom stereocenters. The molecule has 116 valence electrons. The number of nitrogens with zero attached hydrogens (tertiary/aromatic N) is 2. The van der Waals surface area contributed by atoms with Crippen molar-refractivity contribution in [3.8, 4) is 0 Å². The van der Waals surface area contributed by atoms with E-state index in [1.54, 1.807) is 4.90 Å². The van der Waals surface area contributed by atoms with E-state index < -0.39 is 0 Å². The molecule has 1 fully saturated rings. The zero-order chi connectivity index (χ0) is 15.0.